The van der Waals surface area contributed by atoms with Gasteiger partial charge in [0.25, 0.3) is 0 Å². The van der Waals surface area contributed by atoms with Crippen LogP contribution < -0.4 is 5.32 Å². The van der Waals surface area contributed by atoms with E-state index < -0.39 is 0 Å². The van der Waals surface area contributed by atoms with Crippen molar-refractivity contribution in [1.29, 1.82) is 0 Å². The summed E-state index contributed by atoms with van der Waals surface area (Å²) in [5, 5.41) is 3.56. The van der Waals surface area contributed by atoms with Crippen molar-refractivity contribution >= 4 is 6.08 Å². The van der Waals surface area contributed by atoms with Gasteiger partial charge in [0, 0.05) is 6.04 Å². The van der Waals surface area contributed by atoms with Gasteiger partial charge >= 0.3 is 0 Å². The van der Waals surface area contributed by atoms with Crippen LogP contribution >= 0.6 is 0 Å². The van der Waals surface area contributed by atoms with Crippen LogP contribution in [0.4, 0.5) is 0 Å². The summed E-state index contributed by atoms with van der Waals surface area (Å²) in [7, 11) is 0. The average molecular weight is 201 g/mol. The minimum atomic E-state index is 0.617. The molecular formula is C14H19N. The molecule has 2 rings (SSSR count). The maximum atomic E-state index is 3.77. The van der Waals surface area contributed by atoms with E-state index in [-0.39, 0.29) is 0 Å². The van der Waals surface area contributed by atoms with Crippen molar-refractivity contribution in [3.05, 3.63) is 42.0 Å². The Labute approximate surface area is 92.2 Å². The summed E-state index contributed by atoms with van der Waals surface area (Å²) >= 11 is 0. The molecule has 15 heavy (non-hydrogen) atoms. The van der Waals surface area contributed by atoms with Gasteiger partial charge in [-0.25, -0.2) is 0 Å². The fourth-order valence-electron chi connectivity index (χ4n) is 2.31. The Bertz CT molecular complexity index is 320. The first kappa shape index (κ1) is 10.4. The summed E-state index contributed by atoms with van der Waals surface area (Å²) in [6.45, 7) is 7.26. The van der Waals surface area contributed by atoms with E-state index >= 15 is 0 Å². The molecule has 1 heterocycles. The Hall–Kier alpha value is -1.08. The van der Waals surface area contributed by atoms with Gasteiger partial charge in [0.2, 0.25) is 0 Å². The molecule has 0 aliphatic carbocycles. The van der Waals surface area contributed by atoms with Crippen LogP contribution in [-0.4, -0.2) is 12.6 Å². The lowest BCUT2D eigenvalue weighted by atomic mass is 9.92. The molecule has 0 bridgehead atoms. The van der Waals surface area contributed by atoms with E-state index in [0.29, 0.717) is 12.0 Å². The highest BCUT2D eigenvalue weighted by atomic mass is 14.9. The molecule has 1 aliphatic rings. The molecule has 0 radical (unpaired) electrons. The maximum absolute atomic E-state index is 3.77. The first-order valence-electron chi connectivity index (χ1n) is 5.77. The van der Waals surface area contributed by atoms with E-state index in [2.05, 4.69) is 43.1 Å². The fourth-order valence-corrected chi connectivity index (χ4v) is 2.31. The van der Waals surface area contributed by atoms with Crippen LogP contribution in [0.1, 0.15) is 36.8 Å². The summed E-state index contributed by atoms with van der Waals surface area (Å²) in [5.74, 6) is 0.617. The second-order valence-corrected chi connectivity index (χ2v) is 4.36. The van der Waals surface area contributed by atoms with Gasteiger partial charge in [0.1, 0.15) is 0 Å². The topological polar surface area (TPSA) is 12.0 Å². The SMILES string of the molecule is C=Cc1ccc(C(C)C2CCCN2)cc1. The van der Waals surface area contributed by atoms with Gasteiger partial charge in [-0.2, -0.15) is 0 Å². The lowest BCUT2D eigenvalue weighted by Gasteiger charge is -2.19. The zero-order valence-corrected chi connectivity index (χ0v) is 9.37. The molecule has 80 valence electrons. The van der Waals surface area contributed by atoms with Crippen molar-refractivity contribution in [2.75, 3.05) is 6.54 Å². The highest BCUT2D eigenvalue weighted by Crippen LogP contribution is 2.25. The van der Waals surface area contributed by atoms with Crippen LogP contribution in [0.2, 0.25) is 0 Å². The van der Waals surface area contributed by atoms with Crippen LogP contribution in [0.5, 0.6) is 0 Å². The molecule has 2 atom stereocenters. The van der Waals surface area contributed by atoms with Crippen LogP contribution in [0, 0.1) is 0 Å². The quantitative estimate of drug-likeness (QED) is 0.792. The van der Waals surface area contributed by atoms with Crippen molar-refractivity contribution in [2.24, 2.45) is 0 Å². The van der Waals surface area contributed by atoms with Crippen LogP contribution in [0.15, 0.2) is 30.8 Å². The largest absolute Gasteiger partial charge is 0.313 e. The molecule has 1 nitrogen and oxygen atoms in total. The predicted octanol–water partition coefficient (Wildman–Crippen LogP) is 3.19. The summed E-state index contributed by atoms with van der Waals surface area (Å²) in [6.07, 6.45) is 4.52. The van der Waals surface area contributed by atoms with E-state index in [1.54, 1.807) is 0 Å². The predicted molar refractivity (Wildman–Crippen MR) is 66.0 cm³/mol. The van der Waals surface area contributed by atoms with Gasteiger partial charge in [-0.05, 0) is 36.4 Å². The van der Waals surface area contributed by atoms with Gasteiger partial charge in [-0.15, -0.1) is 0 Å². The Kier molecular flexibility index (Phi) is 3.22. The van der Waals surface area contributed by atoms with E-state index in [0.717, 1.165) is 0 Å². The smallest absolute Gasteiger partial charge is 0.0134 e. The summed E-state index contributed by atoms with van der Waals surface area (Å²) in [5.41, 5.74) is 2.63. The minimum Gasteiger partial charge on any atom is -0.313 e. The molecule has 0 saturated carbocycles. The lowest BCUT2D eigenvalue weighted by molar-refractivity contribution is 0.517. The second kappa shape index (κ2) is 4.63. The summed E-state index contributed by atoms with van der Waals surface area (Å²) < 4.78 is 0. The van der Waals surface area contributed by atoms with Crippen molar-refractivity contribution in [3.8, 4) is 0 Å². The molecule has 0 amide bonds. The van der Waals surface area contributed by atoms with E-state index in [9.17, 15) is 0 Å². The number of nitrogens with one attached hydrogen (secondary N) is 1. The van der Waals surface area contributed by atoms with Crippen molar-refractivity contribution in [2.45, 2.75) is 31.7 Å². The standard InChI is InChI=1S/C14H19N/c1-3-12-6-8-13(9-7-12)11(2)14-5-4-10-15-14/h3,6-9,11,14-15H,1,4-5,10H2,2H3. The zero-order valence-electron chi connectivity index (χ0n) is 9.37. The molecule has 0 aromatic heterocycles. The van der Waals surface area contributed by atoms with Gasteiger partial charge in [0.05, 0.1) is 0 Å². The molecule has 1 saturated heterocycles. The first-order valence-corrected chi connectivity index (χ1v) is 5.77. The molecule has 1 fully saturated rings. The van der Waals surface area contributed by atoms with Crippen molar-refractivity contribution in [1.82, 2.24) is 5.32 Å². The monoisotopic (exact) mass is 201 g/mol. The first-order chi connectivity index (χ1) is 7.31. The van der Waals surface area contributed by atoms with E-state index in [4.69, 9.17) is 0 Å². The third kappa shape index (κ3) is 2.29. The van der Waals surface area contributed by atoms with Gasteiger partial charge in [-0.1, -0.05) is 43.8 Å². The lowest BCUT2D eigenvalue weighted by Crippen LogP contribution is -2.27. The zero-order chi connectivity index (χ0) is 10.7. The normalized spacial score (nSPS) is 22.6. The third-order valence-corrected chi connectivity index (χ3v) is 3.40. The number of rotatable bonds is 3. The number of benzene rings is 1. The van der Waals surface area contributed by atoms with Crippen molar-refractivity contribution < 1.29 is 0 Å². The van der Waals surface area contributed by atoms with Gasteiger partial charge in [0.15, 0.2) is 0 Å². The molecule has 0 spiro atoms. The van der Waals surface area contributed by atoms with Crippen LogP contribution in [0.3, 0.4) is 0 Å². The molecule has 1 aromatic carbocycles. The molecule has 2 unspecified atom stereocenters. The third-order valence-electron chi connectivity index (χ3n) is 3.40. The van der Waals surface area contributed by atoms with Crippen LogP contribution in [-0.2, 0) is 0 Å². The fraction of sp³-hybridized carbons (Fsp3) is 0.429. The molecular weight excluding hydrogens is 182 g/mol. The van der Waals surface area contributed by atoms with E-state index in [1.165, 1.54) is 30.5 Å². The maximum Gasteiger partial charge on any atom is 0.0134 e. The minimum absolute atomic E-state index is 0.617. The summed E-state index contributed by atoms with van der Waals surface area (Å²) in [6, 6.07) is 9.41. The number of hydrogen-bond acceptors (Lipinski definition) is 1. The van der Waals surface area contributed by atoms with Gasteiger partial charge in [-0.3, -0.25) is 0 Å². The van der Waals surface area contributed by atoms with Crippen molar-refractivity contribution in [3.63, 3.8) is 0 Å². The highest BCUT2D eigenvalue weighted by molar-refractivity contribution is 5.47. The average Bonchev–Trinajstić information content (AvgIpc) is 2.82. The molecule has 1 N–H and O–H groups in total. The van der Waals surface area contributed by atoms with Gasteiger partial charge < -0.3 is 5.32 Å². The Morgan fingerprint density at radius 2 is 2.13 bits per heavy atom. The summed E-state index contributed by atoms with van der Waals surface area (Å²) in [4.78, 5) is 0. The number of hydrogen-bond donors (Lipinski definition) is 1. The molecule has 1 aromatic rings. The molecule has 1 aliphatic heterocycles. The Morgan fingerprint density at radius 1 is 1.40 bits per heavy atom. The van der Waals surface area contributed by atoms with Crippen LogP contribution in [0.25, 0.3) is 6.08 Å². The highest BCUT2D eigenvalue weighted by Gasteiger charge is 2.21. The Morgan fingerprint density at radius 3 is 2.67 bits per heavy atom. The van der Waals surface area contributed by atoms with E-state index in [1.807, 2.05) is 6.08 Å². The Balaban J connectivity index is 2.10. The molecule has 1 heteroatoms. The second-order valence-electron chi connectivity index (χ2n) is 4.36.